The second-order valence-electron chi connectivity index (χ2n) is 5.07. The molecule has 0 saturated carbocycles. The fourth-order valence-electron chi connectivity index (χ4n) is 2.20. The maximum atomic E-state index is 12.1. The van der Waals surface area contributed by atoms with E-state index >= 15 is 0 Å². The van der Waals surface area contributed by atoms with E-state index < -0.39 is 5.97 Å². The molecule has 0 heterocycles. The highest BCUT2D eigenvalue weighted by Gasteiger charge is 2.10. The van der Waals surface area contributed by atoms with Crippen molar-refractivity contribution in [2.24, 2.45) is 0 Å². The minimum atomic E-state index is -0.583. The number of methoxy groups -OCH3 is 2. The van der Waals surface area contributed by atoms with Gasteiger partial charge in [0.15, 0.2) is 11.5 Å². The molecule has 0 fully saturated rings. The van der Waals surface area contributed by atoms with Gasteiger partial charge in [0.1, 0.15) is 11.5 Å². The Balaban J connectivity index is 2.19. The fraction of sp³-hybridized carbons (Fsp3) is 0.200. The first-order valence-electron chi connectivity index (χ1n) is 7.90. The van der Waals surface area contributed by atoms with E-state index in [-0.39, 0.29) is 5.75 Å². The first-order chi connectivity index (χ1) is 12.6. The van der Waals surface area contributed by atoms with Gasteiger partial charge >= 0.3 is 5.97 Å². The van der Waals surface area contributed by atoms with Gasteiger partial charge in [0.2, 0.25) is 0 Å². The zero-order chi connectivity index (χ0) is 18.9. The van der Waals surface area contributed by atoms with Crippen LogP contribution in [0.1, 0.15) is 18.1 Å². The van der Waals surface area contributed by atoms with E-state index in [9.17, 15) is 4.79 Å². The van der Waals surface area contributed by atoms with Crippen LogP contribution in [0.3, 0.4) is 0 Å². The van der Waals surface area contributed by atoms with Crippen molar-refractivity contribution in [2.75, 3.05) is 20.8 Å². The van der Waals surface area contributed by atoms with Gasteiger partial charge in [-0.05, 0) is 43.3 Å². The second kappa shape index (κ2) is 9.14. The molecule has 2 rings (SSSR count). The van der Waals surface area contributed by atoms with Gasteiger partial charge in [0.25, 0.3) is 0 Å². The van der Waals surface area contributed by atoms with E-state index in [1.165, 1.54) is 18.2 Å². The highest BCUT2D eigenvalue weighted by atomic mass is 16.6. The Labute approximate surface area is 152 Å². The quantitative estimate of drug-likeness (QED) is 0.430. The molecular weight excluding hydrogens is 334 g/mol. The van der Waals surface area contributed by atoms with E-state index in [1.807, 2.05) is 6.07 Å². The topological polar surface area (TPSA) is 77.8 Å². The maximum Gasteiger partial charge on any atom is 0.336 e. The zero-order valence-electron chi connectivity index (χ0n) is 14.8. The van der Waals surface area contributed by atoms with Crippen LogP contribution in [0.5, 0.6) is 23.0 Å². The van der Waals surface area contributed by atoms with E-state index in [0.717, 1.165) is 0 Å². The van der Waals surface area contributed by atoms with Crippen molar-refractivity contribution in [1.29, 1.82) is 5.26 Å². The van der Waals surface area contributed by atoms with Gasteiger partial charge in [-0.3, -0.25) is 0 Å². The van der Waals surface area contributed by atoms with Crippen LogP contribution in [0.15, 0.2) is 42.5 Å². The average molecular weight is 353 g/mol. The lowest BCUT2D eigenvalue weighted by Crippen LogP contribution is -2.06. The molecule has 0 spiro atoms. The lowest BCUT2D eigenvalue weighted by atomic mass is 10.1. The molecule has 134 valence electrons. The molecule has 0 saturated heterocycles. The molecule has 26 heavy (non-hydrogen) atoms. The van der Waals surface area contributed by atoms with Crippen LogP contribution < -0.4 is 18.9 Å². The number of hydrogen-bond acceptors (Lipinski definition) is 6. The summed E-state index contributed by atoms with van der Waals surface area (Å²) in [7, 11) is 3.10. The molecule has 0 amide bonds. The Morgan fingerprint density at radius 1 is 1.08 bits per heavy atom. The summed E-state index contributed by atoms with van der Waals surface area (Å²) in [5.74, 6) is 1.25. The molecule has 0 aliphatic heterocycles. The number of esters is 1. The van der Waals surface area contributed by atoms with Crippen LogP contribution in [0, 0.1) is 11.3 Å². The zero-order valence-corrected chi connectivity index (χ0v) is 14.8. The Hall–Kier alpha value is -3.46. The molecule has 0 unspecified atom stereocenters. The summed E-state index contributed by atoms with van der Waals surface area (Å²) in [6, 6.07) is 11.9. The summed E-state index contributed by atoms with van der Waals surface area (Å²) in [5.41, 5.74) is 1.10. The Bertz CT molecular complexity index is 852. The molecule has 2 aromatic rings. The van der Waals surface area contributed by atoms with Gasteiger partial charge in [-0.25, -0.2) is 4.79 Å². The van der Waals surface area contributed by atoms with Crippen LogP contribution in [-0.2, 0) is 4.79 Å². The summed E-state index contributed by atoms with van der Waals surface area (Å²) in [5, 5.41) is 8.96. The van der Waals surface area contributed by atoms with Gasteiger partial charge in [-0.15, -0.1) is 0 Å². The minimum absolute atomic E-state index is 0.248. The first-order valence-corrected chi connectivity index (χ1v) is 7.90. The van der Waals surface area contributed by atoms with E-state index in [2.05, 4.69) is 0 Å². The largest absolute Gasteiger partial charge is 0.497 e. The van der Waals surface area contributed by atoms with Crippen LogP contribution in [0.25, 0.3) is 6.08 Å². The second-order valence-corrected chi connectivity index (χ2v) is 5.07. The van der Waals surface area contributed by atoms with Gasteiger partial charge in [0.05, 0.1) is 32.5 Å². The molecule has 0 radical (unpaired) electrons. The number of hydrogen-bond donors (Lipinski definition) is 0. The van der Waals surface area contributed by atoms with Crippen LogP contribution >= 0.6 is 0 Å². The third-order valence-corrected chi connectivity index (χ3v) is 3.42. The minimum Gasteiger partial charge on any atom is -0.497 e. The average Bonchev–Trinajstić information content (AvgIpc) is 2.67. The van der Waals surface area contributed by atoms with Crippen LogP contribution in [-0.4, -0.2) is 26.8 Å². The lowest BCUT2D eigenvalue weighted by Gasteiger charge is -2.10. The summed E-state index contributed by atoms with van der Waals surface area (Å²) < 4.78 is 21.2. The van der Waals surface area contributed by atoms with Crippen LogP contribution in [0.2, 0.25) is 0 Å². The van der Waals surface area contributed by atoms with Crippen molar-refractivity contribution in [2.45, 2.75) is 6.92 Å². The SMILES string of the molecule is CCOc1cc(C#N)ccc1OC(=O)/C=C/c1cc(OC)ccc1OC. The van der Waals surface area contributed by atoms with Crippen molar-refractivity contribution >= 4 is 12.0 Å². The number of carbonyl (C=O) groups is 1. The molecule has 6 nitrogen and oxygen atoms in total. The predicted octanol–water partition coefficient (Wildman–Crippen LogP) is 3.59. The number of ether oxygens (including phenoxy) is 4. The molecule has 0 aromatic heterocycles. The first kappa shape index (κ1) is 18.9. The normalized spacial score (nSPS) is 10.2. The summed E-state index contributed by atoms with van der Waals surface area (Å²) in [6.07, 6.45) is 2.86. The van der Waals surface area contributed by atoms with Gasteiger partial charge < -0.3 is 18.9 Å². The molecule has 0 aliphatic rings. The van der Waals surface area contributed by atoms with Crippen molar-refractivity contribution in [3.63, 3.8) is 0 Å². The third kappa shape index (κ3) is 4.77. The van der Waals surface area contributed by atoms with Crippen molar-refractivity contribution in [3.8, 4) is 29.1 Å². The predicted molar refractivity (Wildman–Crippen MR) is 96.5 cm³/mol. The Kier molecular flexibility index (Phi) is 6.63. The Morgan fingerprint density at radius 3 is 2.50 bits per heavy atom. The fourth-order valence-corrected chi connectivity index (χ4v) is 2.20. The molecule has 0 atom stereocenters. The Morgan fingerprint density at radius 2 is 1.85 bits per heavy atom. The van der Waals surface area contributed by atoms with Gasteiger partial charge in [0, 0.05) is 17.7 Å². The molecule has 0 bridgehead atoms. The highest BCUT2D eigenvalue weighted by Crippen LogP contribution is 2.29. The summed E-state index contributed by atoms with van der Waals surface area (Å²) in [4.78, 5) is 12.1. The number of nitriles is 1. The van der Waals surface area contributed by atoms with Crippen molar-refractivity contribution < 1.29 is 23.7 Å². The monoisotopic (exact) mass is 353 g/mol. The number of nitrogens with zero attached hydrogens (tertiary/aromatic N) is 1. The van der Waals surface area contributed by atoms with Crippen molar-refractivity contribution in [3.05, 3.63) is 53.6 Å². The molecular formula is C20H19NO5. The van der Waals surface area contributed by atoms with E-state index in [4.69, 9.17) is 24.2 Å². The number of benzene rings is 2. The summed E-state index contributed by atoms with van der Waals surface area (Å²) in [6.45, 7) is 2.19. The van der Waals surface area contributed by atoms with Crippen LogP contribution in [0.4, 0.5) is 0 Å². The van der Waals surface area contributed by atoms with Crippen molar-refractivity contribution in [1.82, 2.24) is 0 Å². The molecule has 6 heteroatoms. The number of carbonyl (C=O) groups excluding carboxylic acids is 1. The highest BCUT2D eigenvalue weighted by molar-refractivity contribution is 5.89. The lowest BCUT2D eigenvalue weighted by molar-refractivity contribution is -0.129. The number of rotatable bonds is 7. The maximum absolute atomic E-state index is 12.1. The summed E-state index contributed by atoms with van der Waals surface area (Å²) >= 11 is 0. The molecule has 2 aromatic carbocycles. The van der Waals surface area contributed by atoms with E-state index in [0.29, 0.717) is 35.0 Å². The van der Waals surface area contributed by atoms with Gasteiger partial charge in [-0.2, -0.15) is 5.26 Å². The third-order valence-electron chi connectivity index (χ3n) is 3.42. The smallest absolute Gasteiger partial charge is 0.336 e. The standard InChI is InChI=1S/C20H19NO5/c1-4-25-19-11-14(13-21)5-8-18(19)26-20(22)10-6-15-12-16(23-2)7-9-17(15)24-3/h5-12H,4H2,1-3H3/b10-6+. The molecule has 0 N–H and O–H groups in total. The van der Waals surface area contributed by atoms with Gasteiger partial charge in [-0.1, -0.05) is 0 Å². The molecule has 0 aliphatic carbocycles. The van der Waals surface area contributed by atoms with E-state index in [1.54, 1.807) is 51.5 Å².